The minimum Gasteiger partial charge on any atom is -0.508 e. The molecule has 13 heavy (non-hydrogen) atoms. The van der Waals surface area contributed by atoms with Crippen LogP contribution in [0.4, 0.5) is 0 Å². The van der Waals surface area contributed by atoms with Crippen LogP contribution in [-0.4, -0.2) is 10.1 Å². The minimum atomic E-state index is 0.352. The number of aromatic nitrogens is 1. The van der Waals surface area contributed by atoms with Crippen molar-refractivity contribution >= 4 is 5.57 Å². The van der Waals surface area contributed by atoms with Crippen LogP contribution in [0.2, 0.25) is 0 Å². The van der Waals surface area contributed by atoms with Gasteiger partial charge in [-0.15, -0.1) is 0 Å². The van der Waals surface area contributed by atoms with Crippen molar-refractivity contribution in [2.75, 3.05) is 0 Å². The summed E-state index contributed by atoms with van der Waals surface area (Å²) in [7, 11) is 0. The average molecular weight is 173 g/mol. The van der Waals surface area contributed by atoms with Crippen LogP contribution >= 0.6 is 0 Å². The average Bonchev–Trinajstić information content (AvgIpc) is 2.20. The molecule has 2 nitrogen and oxygen atoms in total. The monoisotopic (exact) mass is 173 g/mol. The Balaban J connectivity index is 2.41. The molecule has 0 fully saturated rings. The molecule has 0 atom stereocenters. The van der Waals surface area contributed by atoms with Gasteiger partial charge in [0.05, 0.1) is 5.69 Å². The van der Waals surface area contributed by atoms with E-state index in [0.717, 1.165) is 24.1 Å². The van der Waals surface area contributed by atoms with Gasteiger partial charge in [-0.1, -0.05) is 12.1 Å². The van der Waals surface area contributed by atoms with Crippen LogP contribution in [0.1, 0.15) is 18.5 Å². The maximum atomic E-state index is 9.58. The van der Waals surface area contributed by atoms with E-state index in [1.54, 1.807) is 12.3 Å². The number of hydrogen-bond acceptors (Lipinski definition) is 2. The maximum Gasteiger partial charge on any atom is 0.120 e. The molecule has 0 amide bonds. The van der Waals surface area contributed by atoms with Crippen LogP contribution in [0.15, 0.2) is 42.3 Å². The molecule has 1 aliphatic carbocycles. The van der Waals surface area contributed by atoms with Gasteiger partial charge in [-0.25, -0.2) is 0 Å². The third-order valence-corrected chi connectivity index (χ3v) is 2.12. The summed E-state index contributed by atoms with van der Waals surface area (Å²) in [6, 6.07) is 5.73. The Kier molecular flexibility index (Phi) is 2.13. The Labute approximate surface area is 77.2 Å². The molecule has 0 saturated heterocycles. The van der Waals surface area contributed by atoms with Gasteiger partial charge >= 0.3 is 0 Å². The third-order valence-electron chi connectivity index (χ3n) is 2.12. The zero-order valence-corrected chi connectivity index (χ0v) is 7.27. The second-order valence-corrected chi connectivity index (χ2v) is 3.02. The summed E-state index contributed by atoms with van der Waals surface area (Å²) >= 11 is 0. The summed E-state index contributed by atoms with van der Waals surface area (Å²) in [5.74, 6) is 0.352. The van der Waals surface area contributed by atoms with Crippen LogP contribution in [0.25, 0.3) is 5.57 Å². The van der Waals surface area contributed by atoms with Crippen LogP contribution in [0, 0.1) is 0 Å². The topological polar surface area (TPSA) is 33.1 Å². The molecular formula is C11H11NO. The molecule has 0 bridgehead atoms. The van der Waals surface area contributed by atoms with Crippen LogP contribution < -0.4 is 0 Å². The van der Waals surface area contributed by atoms with E-state index in [0.29, 0.717) is 5.76 Å². The van der Waals surface area contributed by atoms with E-state index in [9.17, 15) is 5.11 Å². The molecule has 0 unspecified atom stereocenters. The van der Waals surface area contributed by atoms with E-state index in [1.807, 2.05) is 24.3 Å². The lowest BCUT2D eigenvalue weighted by Crippen LogP contribution is -1.95. The van der Waals surface area contributed by atoms with Gasteiger partial charge in [-0.2, -0.15) is 0 Å². The number of aliphatic hydroxyl groups is 1. The SMILES string of the molecule is OC1=C(c2ccccn2)CCC=C1. The summed E-state index contributed by atoms with van der Waals surface area (Å²) in [4.78, 5) is 4.20. The predicted octanol–water partition coefficient (Wildman–Crippen LogP) is 2.70. The molecule has 2 heteroatoms. The zero-order valence-electron chi connectivity index (χ0n) is 7.27. The largest absolute Gasteiger partial charge is 0.508 e. The van der Waals surface area contributed by atoms with Crippen molar-refractivity contribution in [1.82, 2.24) is 4.98 Å². The number of nitrogens with zero attached hydrogens (tertiary/aromatic N) is 1. The van der Waals surface area contributed by atoms with Crippen molar-refractivity contribution in [3.63, 3.8) is 0 Å². The van der Waals surface area contributed by atoms with Crippen molar-refractivity contribution < 1.29 is 5.11 Å². The summed E-state index contributed by atoms with van der Waals surface area (Å²) in [5, 5.41) is 9.58. The van der Waals surface area contributed by atoms with E-state index < -0.39 is 0 Å². The van der Waals surface area contributed by atoms with Crippen molar-refractivity contribution in [2.24, 2.45) is 0 Å². The predicted molar refractivity (Wildman–Crippen MR) is 52.2 cm³/mol. The van der Waals surface area contributed by atoms with Crippen molar-refractivity contribution in [3.05, 3.63) is 48.0 Å². The Morgan fingerprint density at radius 1 is 1.31 bits per heavy atom. The molecule has 66 valence electrons. The first kappa shape index (κ1) is 8.05. The van der Waals surface area contributed by atoms with Crippen LogP contribution in [0.3, 0.4) is 0 Å². The molecule has 1 N–H and O–H groups in total. The van der Waals surface area contributed by atoms with Gasteiger partial charge in [0, 0.05) is 11.8 Å². The first-order valence-electron chi connectivity index (χ1n) is 4.38. The molecule has 0 aliphatic heterocycles. The smallest absolute Gasteiger partial charge is 0.120 e. The van der Waals surface area contributed by atoms with Gasteiger partial charge in [0.25, 0.3) is 0 Å². The van der Waals surface area contributed by atoms with Gasteiger partial charge in [0.15, 0.2) is 0 Å². The Morgan fingerprint density at radius 3 is 2.92 bits per heavy atom. The lowest BCUT2D eigenvalue weighted by Gasteiger charge is -2.10. The van der Waals surface area contributed by atoms with Crippen LogP contribution in [0.5, 0.6) is 0 Å². The molecule has 0 aromatic carbocycles. The first-order chi connectivity index (χ1) is 6.38. The summed E-state index contributed by atoms with van der Waals surface area (Å²) in [6.45, 7) is 0. The Hall–Kier alpha value is -1.57. The fourth-order valence-corrected chi connectivity index (χ4v) is 1.45. The fraction of sp³-hybridized carbons (Fsp3) is 0.182. The van der Waals surface area contributed by atoms with E-state index >= 15 is 0 Å². The highest BCUT2D eigenvalue weighted by atomic mass is 16.3. The second-order valence-electron chi connectivity index (χ2n) is 3.02. The molecule has 0 saturated carbocycles. The molecule has 1 heterocycles. The summed E-state index contributed by atoms with van der Waals surface area (Å²) < 4.78 is 0. The second kappa shape index (κ2) is 3.44. The van der Waals surface area contributed by atoms with Gasteiger partial charge in [0.1, 0.15) is 5.76 Å². The zero-order chi connectivity index (χ0) is 9.10. The van der Waals surface area contributed by atoms with E-state index in [2.05, 4.69) is 4.98 Å². The molecule has 1 aromatic rings. The van der Waals surface area contributed by atoms with Crippen molar-refractivity contribution in [1.29, 1.82) is 0 Å². The lowest BCUT2D eigenvalue weighted by atomic mass is 10.0. The first-order valence-corrected chi connectivity index (χ1v) is 4.38. The van der Waals surface area contributed by atoms with Crippen molar-refractivity contribution in [3.8, 4) is 0 Å². The van der Waals surface area contributed by atoms with Crippen molar-refractivity contribution in [2.45, 2.75) is 12.8 Å². The Bertz CT molecular complexity index is 352. The molecular weight excluding hydrogens is 162 g/mol. The highest BCUT2D eigenvalue weighted by Gasteiger charge is 2.09. The Morgan fingerprint density at radius 2 is 2.23 bits per heavy atom. The third kappa shape index (κ3) is 1.61. The van der Waals surface area contributed by atoms with Gasteiger partial charge < -0.3 is 5.11 Å². The number of allylic oxidation sites excluding steroid dienone is 3. The molecule has 1 aromatic heterocycles. The molecule has 0 radical (unpaired) electrons. The lowest BCUT2D eigenvalue weighted by molar-refractivity contribution is 0.431. The minimum absolute atomic E-state index is 0.352. The molecule has 2 rings (SSSR count). The summed E-state index contributed by atoms with van der Waals surface area (Å²) in [6.07, 6.45) is 7.32. The highest BCUT2D eigenvalue weighted by molar-refractivity contribution is 5.67. The van der Waals surface area contributed by atoms with Crippen LogP contribution in [-0.2, 0) is 0 Å². The summed E-state index contributed by atoms with van der Waals surface area (Å²) in [5.41, 5.74) is 1.83. The number of rotatable bonds is 1. The van der Waals surface area contributed by atoms with Gasteiger partial charge in [0.2, 0.25) is 0 Å². The maximum absolute atomic E-state index is 9.58. The van der Waals surface area contributed by atoms with E-state index in [1.165, 1.54) is 0 Å². The normalized spacial score (nSPS) is 16.3. The highest BCUT2D eigenvalue weighted by Crippen LogP contribution is 2.25. The van der Waals surface area contributed by atoms with Gasteiger partial charge in [-0.05, 0) is 31.1 Å². The number of hydrogen-bond donors (Lipinski definition) is 1. The number of aliphatic hydroxyl groups excluding tert-OH is 1. The van der Waals surface area contributed by atoms with E-state index in [-0.39, 0.29) is 0 Å². The van der Waals surface area contributed by atoms with E-state index in [4.69, 9.17) is 0 Å². The van der Waals surface area contributed by atoms with Gasteiger partial charge in [-0.3, -0.25) is 4.98 Å². The standard InChI is InChI=1S/C11H11NO/c13-11-7-2-1-5-9(11)10-6-3-4-8-12-10/h2-4,6-8,13H,1,5H2. The quantitative estimate of drug-likeness (QED) is 0.708. The fourth-order valence-electron chi connectivity index (χ4n) is 1.45. The molecule has 1 aliphatic rings. The molecule has 0 spiro atoms. The number of pyridine rings is 1.